The molecule has 1 amide bonds. The highest BCUT2D eigenvalue weighted by molar-refractivity contribution is 8.18. The summed E-state index contributed by atoms with van der Waals surface area (Å²) in [6.45, 7) is 7.81. The van der Waals surface area contributed by atoms with Crippen molar-refractivity contribution in [2.24, 2.45) is 4.99 Å². The summed E-state index contributed by atoms with van der Waals surface area (Å²) in [7, 11) is 0. The Hall–Kier alpha value is -3.57. The minimum atomic E-state index is 0.0291. The number of para-hydroxylation sites is 2. The first-order chi connectivity index (χ1) is 17.0. The second-order valence-corrected chi connectivity index (χ2v) is 9.90. The molecule has 0 atom stereocenters. The molecule has 1 aromatic heterocycles. The molecule has 176 valence electrons. The van der Waals surface area contributed by atoms with Gasteiger partial charge in [-0.15, -0.1) is 0 Å². The summed E-state index contributed by atoms with van der Waals surface area (Å²) in [6, 6.07) is 26.9. The fourth-order valence-electron chi connectivity index (χ4n) is 4.59. The first-order valence-electron chi connectivity index (χ1n) is 12.0. The van der Waals surface area contributed by atoms with Crippen LogP contribution in [0.2, 0.25) is 0 Å². The number of nitrogens with zero attached hydrogens (tertiary/aromatic N) is 3. The van der Waals surface area contributed by atoms with E-state index in [-0.39, 0.29) is 5.91 Å². The molecular weight excluding hydrogens is 450 g/mol. The molecule has 0 saturated carbocycles. The monoisotopic (exact) mass is 479 g/mol. The molecule has 0 unspecified atom stereocenters. The Balaban J connectivity index is 1.57. The van der Waals surface area contributed by atoms with Crippen LogP contribution in [0, 0.1) is 13.8 Å². The second-order valence-electron chi connectivity index (χ2n) is 8.89. The van der Waals surface area contributed by atoms with Crippen LogP contribution in [0.4, 0.5) is 5.69 Å². The first kappa shape index (κ1) is 23.2. The average molecular weight is 480 g/mol. The lowest BCUT2D eigenvalue weighted by Gasteiger charge is -2.13. The minimum Gasteiger partial charge on any atom is -0.340 e. The van der Waals surface area contributed by atoms with Gasteiger partial charge in [-0.25, -0.2) is 4.99 Å². The number of carbonyl (C=O) groups excluding carboxylic acids is 1. The maximum absolute atomic E-state index is 13.4. The zero-order valence-electron chi connectivity index (χ0n) is 20.4. The van der Waals surface area contributed by atoms with Gasteiger partial charge in [0.1, 0.15) is 0 Å². The molecule has 0 spiro atoms. The van der Waals surface area contributed by atoms with Crippen LogP contribution < -0.4 is 0 Å². The smallest absolute Gasteiger partial charge is 0.266 e. The summed E-state index contributed by atoms with van der Waals surface area (Å²) in [5.74, 6) is 0.0291. The standard InChI is InChI=1S/C30H29N3OS/c1-4-17-32-29(34)28(35-30(32)31-24-13-6-5-7-14-24)19-26-22(3)33(27-16-9-8-15-25(26)27)20-23-12-10-11-21(2)18-23/h5-16,18-19H,4,17,20H2,1-3H3/b28-19+,31-30?. The van der Waals surface area contributed by atoms with Crippen molar-refractivity contribution in [2.45, 2.75) is 33.7 Å². The van der Waals surface area contributed by atoms with Crippen LogP contribution >= 0.6 is 11.8 Å². The fourth-order valence-corrected chi connectivity index (χ4v) is 5.60. The number of amides is 1. The Morgan fingerprint density at radius 1 is 0.943 bits per heavy atom. The van der Waals surface area contributed by atoms with Gasteiger partial charge in [-0.2, -0.15) is 0 Å². The van der Waals surface area contributed by atoms with Gasteiger partial charge in [0.15, 0.2) is 5.17 Å². The van der Waals surface area contributed by atoms with E-state index in [1.807, 2.05) is 35.2 Å². The van der Waals surface area contributed by atoms with Gasteiger partial charge in [0.25, 0.3) is 5.91 Å². The van der Waals surface area contributed by atoms with Gasteiger partial charge in [0, 0.05) is 35.2 Å². The molecule has 0 radical (unpaired) electrons. The maximum Gasteiger partial charge on any atom is 0.266 e. The van der Waals surface area contributed by atoms with E-state index in [9.17, 15) is 4.79 Å². The molecule has 35 heavy (non-hydrogen) atoms. The number of aryl methyl sites for hydroxylation is 1. The van der Waals surface area contributed by atoms with Gasteiger partial charge in [-0.05, 0) is 61.9 Å². The maximum atomic E-state index is 13.4. The van der Waals surface area contributed by atoms with E-state index >= 15 is 0 Å². The summed E-state index contributed by atoms with van der Waals surface area (Å²) >= 11 is 1.47. The number of fused-ring (bicyclic) bond motifs is 1. The highest BCUT2D eigenvalue weighted by atomic mass is 32.2. The third-order valence-electron chi connectivity index (χ3n) is 6.29. The van der Waals surface area contributed by atoms with Crippen LogP contribution in [0.1, 0.15) is 35.7 Å². The molecule has 0 aliphatic carbocycles. The lowest BCUT2D eigenvalue weighted by Crippen LogP contribution is -2.29. The van der Waals surface area contributed by atoms with Crippen molar-refractivity contribution in [1.82, 2.24) is 9.47 Å². The van der Waals surface area contributed by atoms with Gasteiger partial charge < -0.3 is 4.57 Å². The number of hydrogen-bond acceptors (Lipinski definition) is 3. The zero-order valence-corrected chi connectivity index (χ0v) is 21.2. The molecule has 1 saturated heterocycles. The number of rotatable bonds is 6. The van der Waals surface area contributed by atoms with Gasteiger partial charge >= 0.3 is 0 Å². The van der Waals surface area contributed by atoms with E-state index < -0.39 is 0 Å². The normalized spacial score (nSPS) is 16.2. The summed E-state index contributed by atoms with van der Waals surface area (Å²) in [5, 5.41) is 1.91. The number of carbonyl (C=O) groups is 1. The largest absolute Gasteiger partial charge is 0.340 e. The van der Waals surface area contributed by atoms with E-state index in [0.29, 0.717) is 6.54 Å². The lowest BCUT2D eigenvalue weighted by molar-refractivity contribution is -0.122. The van der Waals surface area contributed by atoms with Gasteiger partial charge in [-0.1, -0.05) is 73.2 Å². The van der Waals surface area contributed by atoms with E-state index in [1.165, 1.54) is 28.4 Å². The molecule has 5 heteroatoms. The minimum absolute atomic E-state index is 0.0291. The zero-order chi connectivity index (χ0) is 24.4. The van der Waals surface area contributed by atoms with Crippen LogP contribution in [0.5, 0.6) is 0 Å². The molecule has 0 N–H and O–H groups in total. The molecule has 4 aromatic rings. The SMILES string of the molecule is CCCN1C(=O)/C(=C\c2c(C)n(Cc3cccc(C)c3)c3ccccc23)SC1=Nc1ccccc1. The molecule has 3 aromatic carbocycles. The van der Waals surface area contributed by atoms with Crippen LogP contribution in [0.15, 0.2) is 88.8 Å². The van der Waals surface area contributed by atoms with Crippen LogP contribution in [0.3, 0.4) is 0 Å². The average Bonchev–Trinajstić information content (AvgIpc) is 3.29. The van der Waals surface area contributed by atoms with Crippen molar-refractivity contribution in [3.05, 3.63) is 106 Å². The predicted molar refractivity (Wildman–Crippen MR) is 148 cm³/mol. The van der Waals surface area contributed by atoms with E-state index in [2.05, 4.69) is 79.9 Å². The third kappa shape index (κ3) is 4.69. The third-order valence-corrected chi connectivity index (χ3v) is 7.30. The van der Waals surface area contributed by atoms with Crippen molar-refractivity contribution in [3.63, 3.8) is 0 Å². The van der Waals surface area contributed by atoms with Crippen molar-refractivity contribution in [3.8, 4) is 0 Å². The number of hydrogen-bond donors (Lipinski definition) is 0. The van der Waals surface area contributed by atoms with Gasteiger partial charge in [0.05, 0.1) is 10.6 Å². The molecule has 4 nitrogen and oxygen atoms in total. The highest BCUT2D eigenvalue weighted by Crippen LogP contribution is 2.37. The van der Waals surface area contributed by atoms with Crippen LogP contribution in [0.25, 0.3) is 17.0 Å². The molecule has 5 rings (SSSR count). The van der Waals surface area contributed by atoms with Gasteiger partial charge in [0.2, 0.25) is 0 Å². The van der Waals surface area contributed by atoms with Crippen LogP contribution in [-0.2, 0) is 11.3 Å². The fraction of sp³-hybridized carbons (Fsp3) is 0.200. The Kier molecular flexibility index (Phi) is 6.60. The first-order valence-corrected chi connectivity index (χ1v) is 12.9. The number of amidine groups is 1. The van der Waals surface area contributed by atoms with Gasteiger partial charge in [-0.3, -0.25) is 9.69 Å². The topological polar surface area (TPSA) is 37.6 Å². The number of benzene rings is 3. The molecule has 1 aliphatic heterocycles. The predicted octanol–water partition coefficient (Wildman–Crippen LogP) is 7.32. The number of aliphatic imine (C=N–C) groups is 1. The lowest BCUT2D eigenvalue weighted by atomic mass is 10.1. The van der Waals surface area contributed by atoms with E-state index in [4.69, 9.17) is 4.99 Å². The van der Waals surface area contributed by atoms with E-state index in [1.54, 1.807) is 0 Å². The van der Waals surface area contributed by atoms with Crippen LogP contribution in [-0.4, -0.2) is 27.1 Å². The summed E-state index contributed by atoms with van der Waals surface area (Å²) in [4.78, 5) is 20.8. The van der Waals surface area contributed by atoms with Crippen molar-refractivity contribution in [2.75, 3.05) is 6.54 Å². The molecular formula is C30H29N3OS. The highest BCUT2D eigenvalue weighted by Gasteiger charge is 2.33. The van der Waals surface area contributed by atoms with E-state index in [0.717, 1.165) is 45.4 Å². The molecule has 2 heterocycles. The number of aromatic nitrogens is 1. The molecule has 1 aliphatic rings. The molecule has 0 bridgehead atoms. The number of thioether (sulfide) groups is 1. The second kappa shape index (κ2) is 9.96. The van der Waals surface area contributed by atoms with Crippen molar-refractivity contribution < 1.29 is 4.79 Å². The summed E-state index contributed by atoms with van der Waals surface area (Å²) < 4.78 is 2.35. The Bertz CT molecular complexity index is 1450. The van der Waals surface area contributed by atoms with Crippen molar-refractivity contribution in [1.29, 1.82) is 0 Å². The summed E-state index contributed by atoms with van der Waals surface area (Å²) in [6.07, 6.45) is 2.94. The Labute approximate surface area is 211 Å². The van der Waals surface area contributed by atoms with Crippen molar-refractivity contribution >= 4 is 45.5 Å². The Morgan fingerprint density at radius 3 is 2.49 bits per heavy atom. The quantitative estimate of drug-likeness (QED) is 0.272. The Morgan fingerprint density at radius 2 is 1.71 bits per heavy atom. The molecule has 1 fully saturated rings. The summed E-state index contributed by atoms with van der Waals surface area (Å²) in [5.41, 5.74) is 6.82.